The number of nitrogens with two attached hydrogens (primary N) is 2. The van der Waals surface area contributed by atoms with Gasteiger partial charge < -0.3 is 36.8 Å². The fraction of sp³-hybridized carbons (Fsp3) is 0.600. The van der Waals surface area contributed by atoms with Crippen molar-refractivity contribution in [2.24, 2.45) is 11.5 Å². The number of nitrogens with one attached hydrogen (secondary N) is 3. The highest BCUT2D eigenvalue weighted by Gasteiger charge is 2.32. The van der Waals surface area contributed by atoms with Crippen molar-refractivity contribution in [3.05, 3.63) is 46.3 Å². The maximum Gasteiger partial charge on any atom is 0.264 e. The summed E-state index contributed by atoms with van der Waals surface area (Å²) in [6.07, 6.45) is 4.15. The summed E-state index contributed by atoms with van der Waals surface area (Å²) in [6.45, 7) is 6.89. The molecule has 0 aliphatic carbocycles. The van der Waals surface area contributed by atoms with Gasteiger partial charge in [0.05, 0.1) is 6.54 Å². The SMILES string of the molecule is CN/C=C(\CN)c1cc2c(cc1C(F)F)N(C(=N)C1=C(NC3CCN(CCCN)CC3)CCN(C(C)=O)C1)CCC2. The normalized spacial score (nSPS) is 19.0. The lowest BCUT2D eigenvalue weighted by Gasteiger charge is -2.39. The molecule has 0 aromatic heterocycles. The molecule has 0 radical (unpaired) electrons. The highest BCUT2D eigenvalue weighted by Crippen LogP contribution is 2.38. The van der Waals surface area contributed by atoms with Crippen molar-refractivity contribution in [3.63, 3.8) is 0 Å². The fourth-order valence-electron chi connectivity index (χ4n) is 6.19. The Morgan fingerprint density at radius 1 is 1.17 bits per heavy atom. The predicted octanol–water partition coefficient (Wildman–Crippen LogP) is 2.78. The van der Waals surface area contributed by atoms with E-state index >= 15 is 0 Å². The van der Waals surface area contributed by atoms with Gasteiger partial charge in [-0.2, -0.15) is 0 Å². The van der Waals surface area contributed by atoms with Crippen LogP contribution in [0, 0.1) is 5.41 Å². The third-order valence-corrected chi connectivity index (χ3v) is 8.48. The van der Waals surface area contributed by atoms with E-state index in [9.17, 15) is 19.0 Å². The number of likely N-dealkylation sites (tertiary alicyclic amines) is 1. The molecular weight excluding hydrogens is 526 g/mol. The second-order valence-corrected chi connectivity index (χ2v) is 11.2. The largest absolute Gasteiger partial charge is 0.394 e. The number of hydrogen-bond acceptors (Lipinski definition) is 7. The van der Waals surface area contributed by atoms with Crippen LogP contribution in [0.1, 0.15) is 62.1 Å². The number of benzene rings is 1. The first kappa shape index (κ1) is 30.9. The lowest BCUT2D eigenvalue weighted by atomic mass is 9.91. The van der Waals surface area contributed by atoms with Crippen molar-refractivity contribution < 1.29 is 13.6 Å². The number of aryl methyl sites for hydroxylation is 1. The number of carbonyl (C=O) groups excluding carboxylic acids is 1. The first-order chi connectivity index (χ1) is 19.8. The van der Waals surface area contributed by atoms with Gasteiger partial charge in [-0.3, -0.25) is 10.2 Å². The molecule has 41 heavy (non-hydrogen) atoms. The first-order valence-electron chi connectivity index (χ1n) is 14.8. The zero-order chi connectivity index (χ0) is 29.5. The van der Waals surface area contributed by atoms with Crippen molar-refractivity contribution in [2.45, 2.75) is 57.9 Å². The number of piperidine rings is 1. The molecule has 226 valence electrons. The van der Waals surface area contributed by atoms with Crippen molar-refractivity contribution in [1.29, 1.82) is 5.41 Å². The van der Waals surface area contributed by atoms with E-state index in [4.69, 9.17) is 11.5 Å². The molecule has 0 spiro atoms. The van der Waals surface area contributed by atoms with E-state index in [-0.39, 0.29) is 23.9 Å². The number of nitrogens with zero attached hydrogens (tertiary/aromatic N) is 3. The molecule has 1 saturated heterocycles. The van der Waals surface area contributed by atoms with Gasteiger partial charge in [-0.25, -0.2) is 8.78 Å². The summed E-state index contributed by atoms with van der Waals surface area (Å²) in [5.41, 5.74) is 15.9. The van der Waals surface area contributed by atoms with E-state index in [0.29, 0.717) is 55.5 Å². The summed E-state index contributed by atoms with van der Waals surface area (Å²) in [4.78, 5) is 18.4. The quantitative estimate of drug-likeness (QED) is 0.216. The van der Waals surface area contributed by atoms with Crippen LogP contribution in [0.25, 0.3) is 5.57 Å². The van der Waals surface area contributed by atoms with E-state index in [0.717, 1.165) is 68.6 Å². The molecule has 3 aliphatic rings. The standard InChI is InChI=1S/C30H46F2N8O/c1-20(41)39-14-8-27(37-23-6-12-38(13-7-23)10-4-9-33)26(19-39)30(35)40-11-3-5-21-15-24(22(17-34)18-36-2)25(29(31)32)16-28(21)40/h15-16,18,23,29,35-37H,3-14,17,19,33-34H2,1-2H3/b22-18+,35-30?. The van der Waals surface area contributed by atoms with Crippen molar-refractivity contribution in [2.75, 3.05) is 64.3 Å². The number of alkyl halides is 2. The zero-order valence-corrected chi connectivity index (χ0v) is 24.4. The lowest BCUT2D eigenvalue weighted by molar-refractivity contribution is -0.128. The lowest BCUT2D eigenvalue weighted by Crippen LogP contribution is -2.48. The topological polar surface area (TPSA) is 127 Å². The predicted molar refractivity (Wildman–Crippen MR) is 161 cm³/mol. The van der Waals surface area contributed by atoms with Gasteiger partial charge in [0.2, 0.25) is 5.91 Å². The van der Waals surface area contributed by atoms with Crippen LogP contribution < -0.4 is 27.0 Å². The smallest absolute Gasteiger partial charge is 0.264 e. The molecule has 1 aromatic carbocycles. The van der Waals surface area contributed by atoms with Crippen molar-refractivity contribution in [1.82, 2.24) is 20.4 Å². The molecule has 7 N–H and O–H groups in total. The van der Waals surface area contributed by atoms with Gasteiger partial charge in [0.1, 0.15) is 5.84 Å². The van der Waals surface area contributed by atoms with Crippen LogP contribution in [-0.2, 0) is 11.2 Å². The molecule has 11 heteroatoms. The van der Waals surface area contributed by atoms with Gasteiger partial charge in [0.15, 0.2) is 0 Å². The summed E-state index contributed by atoms with van der Waals surface area (Å²) >= 11 is 0. The van der Waals surface area contributed by atoms with Crippen LogP contribution in [0.3, 0.4) is 0 Å². The van der Waals surface area contributed by atoms with E-state index < -0.39 is 6.43 Å². The van der Waals surface area contributed by atoms with Crippen LogP contribution in [0.4, 0.5) is 14.5 Å². The first-order valence-corrected chi connectivity index (χ1v) is 14.8. The summed E-state index contributed by atoms with van der Waals surface area (Å²) in [5, 5.41) is 16.0. The molecule has 4 rings (SSSR count). The molecular formula is C30H46F2N8O. The number of anilines is 1. The number of fused-ring (bicyclic) bond motifs is 1. The van der Waals surface area contributed by atoms with E-state index in [2.05, 4.69) is 15.5 Å². The summed E-state index contributed by atoms with van der Waals surface area (Å²) < 4.78 is 28.7. The molecule has 0 bridgehead atoms. The van der Waals surface area contributed by atoms with Crippen molar-refractivity contribution >= 4 is 23.0 Å². The number of rotatable bonds is 10. The van der Waals surface area contributed by atoms with Crippen LogP contribution in [0.5, 0.6) is 0 Å². The second kappa shape index (κ2) is 14.2. The van der Waals surface area contributed by atoms with Gasteiger partial charge in [0, 0.05) is 87.9 Å². The molecule has 3 heterocycles. The Morgan fingerprint density at radius 3 is 2.56 bits per heavy atom. The van der Waals surface area contributed by atoms with E-state index in [1.54, 1.807) is 31.1 Å². The highest BCUT2D eigenvalue weighted by atomic mass is 19.3. The molecule has 0 unspecified atom stereocenters. The Labute approximate surface area is 242 Å². The Balaban J connectivity index is 1.64. The van der Waals surface area contributed by atoms with Crippen LogP contribution in [0.15, 0.2) is 29.6 Å². The zero-order valence-electron chi connectivity index (χ0n) is 24.4. The van der Waals surface area contributed by atoms with Crippen LogP contribution in [0.2, 0.25) is 0 Å². The average Bonchev–Trinajstić information content (AvgIpc) is 2.98. The van der Waals surface area contributed by atoms with Crippen LogP contribution >= 0.6 is 0 Å². The maximum atomic E-state index is 14.3. The fourth-order valence-corrected chi connectivity index (χ4v) is 6.19. The van der Waals surface area contributed by atoms with Crippen molar-refractivity contribution in [3.8, 4) is 0 Å². The molecule has 0 saturated carbocycles. The van der Waals surface area contributed by atoms with E-state index in [1.807, 2.05) is 11.0 Å². The van der Waals surface area contributed by atoms with Gasteiger partial charge >= 0.3 is 0 Å². The third-order valence-electron chi connectivity index (χ3n) is 8.48. The number of amides is 1. The monoisotopic (exact) mass is 572 g/mol. The minimum absolute atomic E-state index is 0.0307. The van der Waals surface area contributed by atoms with E-state index in [1.165, 1.54) is 0 Å². The number of hydrogen-bond donors (Lipinski definition) is 5. The molecule has 1 aromatic rings. The number of carbonyl (C=O) groups is 1. The van der Waals surface area contributed by atoms with Gasteiger partial charge in [0.25, 0.3) is 6.43 Å². The molecule has 0 atom stereocenters. The Hall–Kier alpha value is -3.02. The number of halogens is 2. The Bertz CT molecular complexity index is 1160. The van der Waals surface area contributed by atoms with Gasteiger partial charge in [-0.15, -0.1) is 0 Å². The Morgan fingerprint density at radius 2 is 1.93 bits per heavy atom. The highest BCUT2D eigenvalue weighted by molar-refractivity contribution is 6.09. The minimum atomic E-state index is -2.69. The summed E-state index contributed by atoms with van der Waals surface area (Å²) in [5.74, 6) is 0.245. The molecule has 1 amide bonds. The van der Waals surface area contributed by atoms with Gasteiger partial charge in [-0.05, 0) is 74.0 Å². The minimum Gasteiger partial charge on any atom is -0.394 e. The summed E-state index contributed by atoms with van der Waals surface area (Å²) in [7, 11) is 1.72. The van der Waals surface area contributed by atoms with Gasteiger partial charge in [-0.1, -0.05) is 0 Å². The Kier molecular flexibility index (Phi) is 10.7. The molecule has 1 fully saturated rings. The second-order valence-electron chi connectivity index (χ2n) is 11.2. The maximum absolute atomic E-state index is 14.3. The molecule has 9 nitrogen and oxygen atoms in total. The summed E-state index contributed by atoms with van der Waals surface area (Å²) in [6, 6.07) is 3.65. The molecule has 3 aliphatic heterocycles. The third kappa shape index (κ3) is 7.25. The van der Waals surface area contributed by atoms with Crippen LogP contribution in [-0.4, -0.2) is 87.0 Å². The number of amidine groups is 1. The average molecular weight is 573 g/mol.